The molecule has 1 aliphatic carbocycles. The van der Waals surface area contributed by atoms with Gasteiger partial charge in [0, 0.05) is 17.9 Å². The highest BCUT2D eigenvalue weighted by Crippen LogP contribution is 2.28. The van der Waals surface area contributed by atoms with Gasteiger partial charge in [0.2, 0.25) is 0 Å². The topological polar surface area (TPSA) is 3.24 Å². The van der Waals surface area contributed by atoms with Crippen molar-refractivity contribution in [3.63, 3.8) is 0 Å². The summed E-state index contributed by atoms with van der Waals surface area (Å²) >= 11 is 0. The first-order valence-electron chi connectivity index (χ1n) is 7.75. The number of aryl methyl sites for hydroxylation is 2. The molecular weight excluding hydrogens is 254 g/mol. The third-order valence-corrected chi connectivity index (χ3v) is 3.97. The Morgan fingerprint density at radius 1 is 1.19 bits per heavy atom. The van der Waals surface area contributed by atoms with E-state index in [-0.39, 0.29) is 0 Å². The van der Waals surface area contributed by atoms with Gasteiger partial charge in [-0.1, -0.05) is 36.9 Å². The van der Waals surface area contributed by atoms with Crippen molar-refractivity contribution in [2.75, 3.05) is 11.4 Å². The van der Waals surface area contributed by atoms with Crippen LogP contribution in [0.2, 0.25) is 0 Å². The number of hydrogen-bond acceptors (Lipinski definition) is 1. The lowest BCUT2D eigenvalue weighted by Crippen LogP contribution is -2.22. The van der Waals surface area contributed by atoms with Crippen LogP contribution in [0.3, 0.4) is 0 Å². The third kappa shape index (κ3) is 3.75. The average molecular weight is 279 g/mol. The van der Waals surface area contributed by atoms with E-state index >= 15 is 0 Å². The van der Waals surface area contributed by atoms with Crippen LogP contribution in [0.5, 0.6) is 0 Å². The van der Waals surface area contributed by atoms with Gasteiger partial charge in [-0.3, -0.25) is 0 Å². The zero-order chi connectivity index (χ0) is 15.1. The van der Waals surface area contributed by atoms with Crippen LogP contribution >= 0.6 is 0 Å². The Morgan fingerprint density at radius 2 is 1.95 bits per heavy atom. The Morgan fingerprint density at radius 3 is 2.62 bits per heavy atom. The molecule has 0 amide bonds. The molecule has 1 heteroatoms. The summed E-state index contributed by atoms with van der Waals surface area (Å²) in [5.41, 5.74) is 5.45. The molecule has 1 aliphatic rings. The molecule has 0 aromatic heterocycles. The van der Waals surface area contributed by atoms with Crippen molar-refractivity contribution in [1.82, 2.24) is 0 Å². The molecule has 0 heterocycles. The summed E-state index contributed by atoms with van der Waals surface area (Å²) in [5.74, 6) is 0. The van der Waals surface area contributed by atoms with E-state index in [0.29, 0.717) is 0 Å². The van der Waals surface area contributed by atoms with E-state index in [2.05, 4.69) is 55.3 Å². The molecule has 1 aromatic carbocycles. The van der Waals surface area contributed by atoms with Crippen LogP contribution in [-0.4, -0.2) is 6.54 Å². The highest BCUT2D eigenvalue weighted by molar-refractivity contribution is 5.58. The van der Waals surface area contributed by atoms with Crippen LogP contribution < -0.4 is 4.90 Å². The second kappa shape index (κ2) is 7.68. The van der Waals surface area contributed by atoms with Crippen molar-refractivity contribution in [3.05, 3.63) is 78.6 Å². The normalized spacial score (nSPS) is 14.8. The van der Waals surface area contributed by atoms with Crippen LogP contribution in [0, 0.1) is 0 Å². The van der Waals surface area contributed by atoms with Crippen LogP contribution in [0.15, 0.2) is 67.4 Å². The maximum atomic E-state index is 3.90. The van der Waals surface area contributed by atoms with Crippen molar-refractivity contribution < 1.29 is 0 Å². The first-order chi connectivity index (χ1) is 10.3. The lowest BCUT2D eigenvalue weighted by molar-refractivity contribution is 0.685. The Hall–Kier alpha value is -2.02. The fraction of sp³-hybridized carbons (Fsp3) is 0.300. The minimum Gasteiger partial charge on any atom is -0.338 e. The molecule has 0 bridgehead atoms. The van der Waals surface area contributed by atoms with E-state index in [1.54, 1.807) is 0 Å². The summed E-state index contributed by atoms with van der Waals surface area (Å²) < 4.78 is 0. The molecule has 0 aliphatic heterocycles. The van der Waals surface area contributed by atoms with E-state index in [9.17, 15) is 0 Å². The largest absolute Gasteiger partial charge is 0.338 e. The number of benzene rings is 1. The minimum atomic E-state index is 0.805. The van der Waals surface area contributed by atoms with E-state index in [0.717, 1.165) is 6.54 Å². The van der Waals surface area contributed by atoms with Crippen molar-refractivity contribution in [2.24, 2.45) is 0 Å². The van der Waals surface area contributed by atoms with Gasteiger partial charge in [0.05, 0.1) is 0 Å². The van der Waals surface area contributed by atoms with Gasteiger partial charge in [0.15, 0.2) is 0 Å². The molecule has 0 N–H and O–H groups in total. The SMILES string of the molecule is C=C/C=C\C(=C/C)N(CC=C)c1ccc2c(c1)CCCC2. The molecule has 110 valence electrons. The number of rotatable bonds is 6. The predicted octanol–water partition coefficient (Wildman–Crippen LogP) is 5.20. The fourth-order valence-corrected chi connectivity index (χ4v) is 2.89. The number of nitrogens with zero attached hydrogens (tertiary/aromatic N) is 1. The molecule has 0 radical (unpaired) electrons. The van der Waals surface area contributed by atoms with Crippen LogP contribution in [0.4, 0.5) is 5.69 Å². The van der Waals surface area contributed by atoms with E-state index < -0.39 is 0 Å². The molecule has 0 saturated carbocycles. The molecule has 0 fully saturated rings. The highest BCUT2D eigenvalue weighted by Gasteiger charge is 2.13. The predicted molar refractivity (Wildman–Crippen MR) is 93.7 cm³/mol. The summed E-state index contributed by atoms with van der Waals surface area (Å²) in [7, 11) is 0. The minimum absolute atomic E-state index is 0.805. The number of anilines is 1. The maximum absolute atomic E-state index is 3.90. The fourth-order valence-electron chi connectivity index (χ4n) is 2.89. The average Bonchev–Trinajstić information content (AvgIpc) is 2.54. The van der Waals surface area contributed by atoms with Gasteiger partial charge in [-0.05, 0) is 61.9 Å². The number of hydrogen-bond donors (Lipinski definition) is 0. The summed E-state index contributed by atoms with van der Waals surface area (Å²) in [6, 6.07) is 6.88. The molecule has 2 rings (SSSR count). The molecule has 0 spiro atoms. The zero-order valence-corrected chi connectivity index (χ0v) is 13.0. The van der Waals surface area contributed by atoms with Gasteiger partial charge >= 0.3 is 0 Å². The Kier molecular flexibility index (Phi) is 5.62. The summed E-state index contributed by atoms with van der Waals surface area (Å²) in [6.45, 7) is 10.5. The second-order valence-electron chi connectivity index (χ2n) is 5.37. The molecule has 0 saturated heterocycles. The summed E-state index contributed by atoms with van der Waals surface area (Å²) in [4.78, 5) is 2.29. The van der Waals surface area contributed by atoms with Crippen LogP contribution in [0.1, 0.15) is 30.9 Å². The van der Waals surface area contributed by atoms with Crippen LogP contribution in [-0.2, 0) is 12.8 Å². The van der Waals surface area contributed by atoms with Crippen molar-refractivity contribution >= 4 is 5.69 Å². The lowest BCUT2D eigenvalue weighted by Gasteiger charge is -2.26. The van der Waals surface area contributed by atoms with Crippen molar-refractivity contribution in [1.29, 1.82) is 0 Å². The maximum Gasteiger partial charge on any atom is 0.0416 e. The Balaban J connectivity index is 2.35. The van der Waals surface area contributed by atoms with E-state index in [1.165, 1.54) is 48.2 Å². The lowest BCUT2D eigenvalue weighted by atomic mass is 9.91. The molecule has 1 nitrogen and oxygen atoms in total. The molecule has 0 atom stereocenters. The Bertz CT molecular complexity index is 563. The Labute approximate surface area is 129 Å². The molecular formula is C20H25N. The summed E-state index contributed by atoms with van der Waals surface area (Å²) in [6.07, 6.45) is 15.0. The number of allylic oxidation sites excluding steroid dienone is 4. The van der Waals surface area contributed by atoms with Crippen molar-refractivity contribution in [3.8, 4) is 0 Å². The van der Waals surface area contributed by atoms with E-state index in [1.807, 2.05) is 18.2 Å². The van der Waals surface area contributed by atoms with Crippen molar-refractivity contribution in [2.45, 2.75) is 32.6 Å². The molecule has 21 heavy (non-hydrogen) atoms. The number of fused-ring (bicyclic) bond motifs is 1. The third-order valence-electron chi connectivity index (χ3n) is 3.97. The summed E-state index contributed by atoms with van der Waals surface area (Å²) in [5, 5.41) is 0. The standard InChI is InChI=1S/C20H25N/c1-4-7-12-19(6-3)21(15-5-2)20-14-13-17-10-8-9-11-18(17)16-20/h4-7,12-14,16H,1-2,8-11,15H2,3H3/b12-7-,19-6+. The molecule has 1 aromatic rings. The van der Waals surface area contributed by atoms with Gasteiger partial charge in [-0.15, -0.1) is 6.58 Å². The van der Waals surface area contributed by atoms with Gasteiger partial charge in [-0.2, -0.15) is 0 Å². The van der Waals surface area contributed by atoms with Gasteiger partial charge in [0.1, 0.15) is 0 Å². The highest BCUT2D eigenvalue weighted by atomic mass is 15.1. The van der Waals surface area contributed by atoms with Crippen LogP contribution in [0.25, 0.3) is 0 Å². The monoisotopic (exact) mass is 279 g/mol. The van der Waals surface area contributed by atoms with Gasteiger partial charge in [-0.25, -0.2) is 0 Å². The second-order valence-corrected chi connectivity index (χ2v) is 5.37. The smallest absolute Gasteiger partial charge is 0.0416 e. The van der Waals surface area contributed by atoms with E-state index in [4.69, 9.17) is 0 Å². The quantitative estimate of drug-likeness (QED) is 0.511. The zero-order valence-electron chi connectivity index (χ0n) is 13.0. The van der Waals surface area contributed by atoms with Gasteiger partial charge in [0.25, 0.3) is 0 Å². The van der Waals surface area contributed by atoms with Gasteiger partial charge < -0.3 is 4.90 Å². The first-order valence-corrected chi connectivity index (χ1v) is 7.75. The molecule has 0 unspecified atom stereocenters. The first kappa shape index (κ1) is 15.4.